The molecular formula is C12H9BrClN3O3S. The van der Waals surface area contributed by atoms with Gasteiger partial charge in [-0.3, -0.25) is 9.52 Å². The van der Waals surface area contributed by atoms with Gasteiger partial charge in [0, 0.05) is 16.2 Å². The van der Waals surface area contributed by atoms with Gasteiger partial charge >= 0.3 is 0 Å². The van der Waals surface area contributed by atoms with Crippen molar-refractivity contribution in [2.75, 3.05) is 4.72 Å². The number of nitrogens with zero attached hydrogens (tertiary/aromatic N) is 1. The number of carbonyl (C=O) groups excluding carboxylic acids is 1. The Kier molecular flexibility index (Phi) is 4.50. The molecule has 0 aliphatic carbocycles. The summed E-state index contributed by atoms with van der Waals surface area (Å²) in [6, 6.07) is 6.90. The molecule has 1 amide bonds. The van der Waals surface area contributed by atoms with Crippen molar-refractivity contribution in [1.29, 1.82) is 0 Å². The fourth-order valence-electron chi connectivity index (χ4n) is 1.49. The summed E-state index contributed by atoms with van der Waals surface area (Å²) in [5.74, 6) is -0.614. The van der Waals surface area contributed by atoms with Crippen LogP contribution in [0, 0.1) is 0 Å². The molecule has 1 aromatic carbocycles. The van der Waals surface area contributed by atoms with Gasteiger partial charge in [-0.1, -0.05) is 27.5 Å². The summed E-state index contributed by atoms with van der Waals surface area (Å²) in [6.07, 6.45) is 1.31. The fraction of sp³-hybridized carbons (Fsp3) is 0. The lowest BCUT2D eigenvalue weighted by molar-refractivity contribution is 0.1000. The molecule has 110 valence electrons. The summed E-state index contributed by atoms with van der Waals surface area (Å²) in [6.45, 7) is 0. The van der Waals surface area contributed by atoms with Crippen molar-refractivity contribution >= 4 is 49.3 Å². The number of anilines is 1. The highest BCUT2D eigenvalue weighted by molar-refractivity contribution is 9.10. The molecule has 0 bridgehead atoms. The van der Waals surface area contributed by atoms with Crippen molar-refractivity contribution in [3.05, 3.63) is 51.6 Å². The van der Waals surface area contributed by atoms with Gasteiger partial charge in [0.2, 0.25) is 5.91 Å². The number of rotatable bonds is 4. The van der Waals surface area contributed by atoms with Crippen LogP contribution >= 0.6 is 27.5 Å². The van der Waals surface area contributed by atoms with Gasteiger partial charge in [0.1, 0.15) is 5.82 Å². The number of hydrogen-bond acceptors (Lipinski definition) is 4. The second-order valence-corrected chi connectivity index (χ2v) is 7.04. The SMILES string of the molecule is NC(=O)c1cc(Br)cc(S(=O)(=O)Nc2ccc(Cl)cn2)c1. The monoisotopic (exact) mass is 389 g/mol. The van der Waals surface area contributed by atoms with Crippen LogP contribution in [0.15, 0.2) is 45.9 Å². The second-order valence-electron chi connectivity index (χ2n) is 4.01. The Hall–Kier alpha value is -1.64. The Labute approximate surface area is 134 Å². The molecule has 0 aliphatic rings. The standard InChI is InChI=1S/C12H9BrClN3O3S/c13-8-3-7(12(15)18)4-10(5-8)21(19,20)17-11-2-1-9(14)6-16-11/h1-6H,(H2,15,18)(H,16,17). The van der Waals surface area contributed by atoms with E-state index in [0.29, 0.717) is 9.50 Å². The molecule has 0 saturated carbocycles. The molecule has 0 atom stereocenters. The number of carbonyl (C=O) groups is 1. The third-order valence-corrected chi connectivity index (χ3v) is 4.45. The van der Waals surface area contributed by atoms with Gasteiger partial charge in [0.15, 0.2) is 0 Å². The van der Waals surface area contributed by atoms with Crippen LogP contribution in [0.2, 0.25) is 5.02 Å². The molecule has 2 rings (SSSR count). The molecule has 0 aliphatic heterocycles. The average Bonchev–Trinajstić information content (AvgIpc) is 2.40. The van der Waals surface area contributed by atoms with Crippen molar-refractivity contribution in [1.82, 2.24) is 4.98 Å². The van der Waals surface area contributed by atoms with E-state index < -0.39 is 15.9 Å². The zero-order valence-corrected chi connectivity index (χ0v) is 13.5. The number of benzene rings is 1. The third kappa shape index (κ3) is 3.93. The van der Waals surface area contributed by atoms with Crippen LogP contribution in [0.5, 0.6) is 0 Å². The van der Waals surface area contributed by atoms with Crippen LogP contribution in [-0.4, -0.2) is 19.3 Å². The van der Waals surface area contributed by atoms with Gasteiger partial charge in [-0.15, -0.1) is 0 Å². The molecule has 1 heterocycles. The van der Waals surface area contributed by atoms with E-state index in [2.05, 4.69) is 25.6 Å². The maximum atomic E-state index is 12.3. The number of nitrogens with one attached hydrogen (secondary N) is 1. The first-order chi connectivity index (χ1) is 9.78. The molecule has 6 nitrogen and oxygen atoms in total. The summed E-state index contributed by atoms with van der Waals surface area (Å²) in [7, 11) is -3.90. The van der Waals surface area contributed by atoms with E-state index in [1.54, 1.807) is 0 Å². The number of sulfonamides is 1. The Morgan fingerprint density at radius 3 is 2.57 bits per heavy atom. The predicted octanol–water partition coefficient (Wildman–Crippen LogP) is 2.40. The summed E-state index contributed by atoms with van der Waals surface area (Å²) >= 11 is 8.81. The molecule has 0 saturated heterocycles. The number of hydrogen-bond donors (Lipinski definition) is 2. The van der Waals surface area contributed by atoms with Crippen LogP contribution in [0.3, 0.4) is 0 Å². The predicted molar refractivity (Wildman–Crippen MR) is 82.7 cm³/mol. The number of nitrogens with two attached hydrogens (primary N) is 1. The maximum absolute atomic E-state index is 12.3. The van der Waals surface area contributed by atoms with Crippen LogP contribution < -0.4 is 10.5 Å². The Balaban J connectivity index is 2.39. The van der Waals surface area contributed by atoms with E-state index in [9.17, 15) is 13.2 Å². The minimum atomic E-state index is -3.90. The van der Waals surface area contributed by atoms with Crippen molar-refractivity contribution in [3.63, 3.8) is 0 Å². The Morgan fingerprint density at radius 1 is 1.29 bits per heavy atom. The Bertz CT molecular complexity index is 794. The highest BCUT2D eigenvalue weighted by atomic mass is 79.9. The first-order valence-corrected chi connectivity index (χ1v) is 8.18. The molecule has 3 N–H and O–H groups in total. The summed E-state index contributed by atoms with van der Waals surface area (Å²) in [5.41, 5.74) is 5.24. The first-order valence-electron chi connectivity index (χ1n) is 5.53. The van der Waals surface area contributed by atoms with E-state index in [-0.39, 0.29) is 16.3 Å². The minimum Gasteiger partial charge on any atom is -0.366 e. The van der Waals surface area contributed by atoms with Gasteiger partial charge < -0.3 is 5.73 Å². The van der Waals surface area contributed by atoms with Gasteiger partial charge in [-0.2, -0.15) is 0 Å². The zero-order valence-electron chi connectivity index (χ0n) is 10.4. The minimum absolute atomic E-state index is 0.0776. The number of amides is 1. The zero-order chi connectivity index (χ0) is 15.6. The Morgan fingerprint density at radius 2 is 2.00 bits per heavy atom. The number of pyridine rings is 1. The molecule has 1 aromatic heterocycles. The van der Waals surface area contributed by atoms with E-state index in [1.807, 2.05) is 0 Å². The molecule has 9 heteroatoms. The van der Waals surface area contributed by atoms with E-state index in [0.717, 1.165) is 0 Å². The highest BCUT2D eigenvalue weighted by Crippen LogP contribution is 2.21. The van der Waals surface area contributed by atoms with Crippen LogP contribution in [0.25, 0.3) is 0 Å². The summed E-state index contributed by atoms with van der Waals surface area (Å²) < 4.78 is 27.2. The first kappa shape index (κ1) is 15.7. The molecule has 0 fully saturated rings. The lowest BCUT2D eigenvalue weighted by Crippen LogP contribution is -2.16. The van der Waals surface area contributed by atoms with Crippen molar-refractivity contribution in [3.8, 4) is 0 Å². The quantitative estimate of drug-likeness (QED) is 0.836. The van der Waals surface area contributed by atoms with Crippen LogP contribution in [0.4, 0.5) is 5.82 Å². The number of primary amides is 1. The van der Waals surface area contributed by atoms with Gasteiger partial charge in [-0.25, -0.2) is 13.4 Å². The van der Waals surface area contributed by atoms with E-state index >= 15 is 0 Å². The van der Waals surface area contributed by atoms with E-state index in [1.165, 1.54) is 36.5 Å². The van der Waals surface area contributed by atoms with Crippen LogP contribution in [-0.2, 0) is 10.0 Å². The van der Waals surface area contributed by atoms with Crippen molar-refractivity contribution in [2.45, 2.75) is 4.90 Å². The highest BCUT2D eigenvalue weighted by Gasteiger charge is 2.17. The van der Waals surface area contributed by atoms with Gasteiger partial charge in [-0.05, 0) is 30.3 Å². The summed E-state index contributed by atoms with van der Waals surface area (Å²) in [4.78, 5) is 14.9. The lowest BCUT2D eigenvalue weighted by Gasteiger charge is -2.09. The molecule has 0 unspecified atom stereocenters. The number of halogens is 2. The second kappa shape index (κ2) is 6.00. The maximum Gasteiger partial charge on any atom is 0.263 e. The van der Waals surface area contributed by atoms with Crippen molar-refractivity contribution < 1.29 is 13.2 Å². The fourth-order valence-corrected chi connectivity index (χ4v) is 3.33. The van der Waals surface area contributed by atoms with Gasteiger partial charge in [0.25, 0.3) is 10.0 Å². The lowest BCUT2D eigenvalue weighted by atomic mass is 10.2. The van der Waals surface area contributed by atoms with E-state index in [4.69, 9.17) is 17.3 Å². The largest absolute Gasteiger partial charge is 0.366 e. The topological polar surface area (TPSA) is 102 Å². The molecule has 0 spiro atoms. The van der Waals surface area contributed by atoms with Gasteiger partial charge in [0.05, 0.1) is 9.92 Å². The number of aromatic nitrogens is 1. The van der Waals surface area contributed by atoms with Crippen LogP contribution in [0.1, 0.15) is 10.4 Å². The van der Waals surface area contributed by atoms with Crippen molar-refractivity contribution in [2.24, 2.45) is 5.73 Å². The molecule has 2 aromatic rings. The summed E-state index contributed by atoms with van der Waals surface area (Å²) in [5, 5.41) is 0.386. The molecular weight excluding hydrogens is 382 g/mol. The molecule has 0 radical (unpaired) electrons. The molecule has 21 heavy (non-hydrogen) atoms. The third-order valence-electron chi connectivity index (χ3n) is 2.43. The smallest absolute Gasteiger partial charge is 0.263 e. The average molecular weight is 391 g/mol. The normalized spacial score (nSPS) is 11.1.